The lowest BCUT2D eigenvalue weighted by molar-refractivity contribution is -0.177. The lowest BCUT2D eigenvalue weighted by atomic mass is 9.92. The van der Waals surface area contributed by atoms with Crippen LogP contribution >= 0.6 is 0 Å². The topological polar surface area (TPSA) is 109 Å². The van der Waals surface area contributed by atoms with Gasteiger partial charge in [0.05, 0.1) is 12.1 Å². The van der Waals surface area contributed by atoms with E-state index in [0.717, 1.165) is 10.9 Å². The second-order valence-corrected chi connectivity index (χ2v) is 7.38. The Morgan fingerprint density at radius 3 is 2.60 bits per heavy atom. The normalized spacial score (nSPS) is 22.4. The lowest BCUT2D eigenvalue weighted by Crippen LogP contribution is -2.66. The van der Waals surface area contributed by atoms with E-state index in [-0.39, 0.29) is 6.54 Å². The van der Waals surface area contributed by atoms with Crippen LogP contribution in [0, 0.1) is 5.92 Å². The molecule has 1 fully saturated rings. The number of aromatic nitrogens is 1. The number of aromatic amines is 1. The molecular weight excluding hydrogens is 322 g/mol. The van der Waals surface area contributed by atoms with E-state index in [9.17, 15) is 14.7 Å². The van der Waals surface area contributed by atoms with Crippen LogP contribution in [0.1, 0.15) is 32.5 Å². The number of aliphatic carboxylic acids is 1. The average Bonchev–Trinajstić information content (AvgIpc) is 2.91. The maximum Gasteiger partial charge on any atom is 0.327 e. The molecule has 1 saturated heterocycles. The van der Waals surface area contributed by atoms with Crippen LogP contribution in [0.15, 0.2) is 30.3 Å². The first-order chi connectivity index (χ1) is 11.7. The summed E-state index contributed by atoms with van der Waals surface area (Å²) < 4.78 is 5.35. The van der Waals surface area contributed by atoms with Crippen LogP contribution in [-0.4, -0.2) is 45.2 Å². The Kier molecular flexibility index (Phi) is 4.30. The van der Waals surface area contributed by atoms with Crippen molar-refractivity contribution in [2.75, 3.05) is 6.54 Å². The summed E-state index contributed by atoms with van der Waals surface area (Å²) in [6, 6.07) is 8.45. The Bertz CT molecular complexity index is 775. The number of carbonyl (C=O) groups excluding carboxylic acids is 1. The highest BCUT2D eigenvalue weighted by atomic mass is 16.6. The minimum Gasteiger partial charge on any atom is -0.480 e. The van der Waals surface area contributed by atoms with Gasteiger partial charge in [0.1, 0.15) is 11.6 Å². The highest BCUT2D eigenvalue weighted by Gasteiger charge is 2.49. The zero-order valence-electron chi connectivity index (χ0n) is 14.5. The summed E-state index contributed by atoms with van der Waals surface area (Å²) in [5.41, 5.74) is 6.92. The molecule has 134 valence electrons. The van der Waals surface area contributed by atoms with Crippen molar-refractivity contribution in [1.29, 1.82) is 0 Å². The van der Waals surface area contributed by atoms with Gasteiger partial charge in [-0.1, -0.05) is 18.2 Å². The highest BCUT2D eigenvalue weighted by molar-refractivity contribution is 5.84. The molecule has 0 aliphatic carbocycles. The number of ether oxygens (including phenoxy) is 1. The van der Waals surface area contributed by atoms with Crippen LogP contribution in [0.4, 0.5) is 0 Å². The fourth-order valence-corrected chi connectivity index (χ4v) is 3.12. The molecule has 0 radical (unpaired) electrons. The van der Waals surface area contributed by atoms with E-state index >= 15 is 0 Å². The minimum absolute atomic E-state index is 0.252. The number of hydrogen-bond donors (Lipinski definition) is 3. The van der Waals surface area contributed by atoms with Gasteiger partial charge in [-0.15, -0.1) is 0 Å². The van der Waals surface area contributed by atoms with Crippen molar-refractivity contribution in [3.05, 3.63) is 36.0 Å². The van der Waals surface area contributed by atoms with E-state index in [4.69, 9.17) is 10.5 Å². The maximum absolute atomic E-state index is 12.2. The maximum atomic E-state index is 12.2. The van der Waals surface area contributed by atoms with E-state index in [1.807, 2.05) is 30.3 Å². The van der Waals surface area contributed by atoms with Gasteiger partial charge in [-0.2, -0.15) is 0 Å². The SMILES string of the molecule is CC(C)(C)OC(=O)[C@@H]1CN([C@@H](C(=O)O)c2cc3ccccc3[nH]2)[C@H]1N. The molecule has 1 aliphatic rings. The molecule has 7 nitrogen and oxygen atoms in total. The highest BCUT2D eigenvalue weighted by Crippen LogP contribution is 2.34. The average molecular weight is 345 g/mol. The molecule has 0 saturated carbocycles. The van der Waals surface area contributed by atoms with E-state index in [2.05, 4.69) is 4.98 Å². The zero-order chi connectivity index (χ0) is 18.4. The summed E-state index contributed by atoms with van der Waals surface area (Å²) >= 11 is 0. The van der Waals surface area contributed by atoms with Crippen LogP contribution in [0.3, 0.4) is 0 Å². The summed E-state index contributed by atoms with van der Waals surface area (Å²) in [5.74, 6) is -1.92. The molecule has 4 N–H and O–H groups in total. The van der Waals surface area contributed by atoms with Crippen molar-refractivity contribution in [2.45, 2.75) is 38.6 Å². The van der Waals surface area contributed by atoms with E-state index < -0.39 is 35.7 Å². The molecule has 3 rings (SSSR count). The molecule has 1 aromatic heterocycles. The summed E-state index contributed by atoms with van der Waals surface area (Å²) in [7, 11) is 0. The minimum atomic E-state index is -1.01. The van der Waals surface area contributed by atoms with Crippen molar-refractivity contribution in [1.82, 2.24) is 9.88 Å². The Labute approximate surface area is 145 Å². The standard InChI is InChI=1S/C18H23N3O4/c1-18(2,3)25-17(24)11-9-21(15(11)19)14(16(22)23)13-8-10-6-4-5-7-12(10)20-13/h4-8,11,14-15,20H,9,19H2,1-3H3,(H,22,23)/t11-,14-,15-/m1/s1. The number of H-pyrrole nitrogens is 1. The fourth-order valence-electron chi connectivity index (χ4n) is 3.12. The summed E-state index contributed by atoms with van der Waals surface area (Å²) in [5, 5.41) is 10.6. The number of esters is 1. The first-order valence-corrected chi connectivity index (χ1v) is 8.22. The van der Waals surface area contributed by atoms with Crippen molar-refractivity contribution < 1.29 is 19.4 Å². The number of fused-ring (bicyclic) bond motifs is 1. The number of carboxylic acids is 1. The number of hydrogen-bond acceptors (Lipinski definition) is 5. The predicted octanol–water partition coefficient (Wildman–Crippen LogP) is 1.85. The van der Waals surface area contributed by atoms with Gasteiger partial charge >= 0.3 is 11.9 Å². The van der Waals surface area contributed by atoms with E-state index in [1.54, 1.807) is 25.7 Å². The second-order valence-electron chi connectivity index (χ2n) is 7.38. The largest absolute Gasteiger partial charge is 0.480 e. The molecule has 0 spiro atoms. The van der Waals surface area contributed by atoms with Gasteiger partial charge in [-0.3, -0.25) is 14.5 Å². The molecule has 3 atom stereocenters. The van der Waals surface area contributed by atoms with Crippen molar-refractivity contribution in [3.63, 3.8) is 0 Å². The van der Waals surface area contributed by atoms with Crippen LogP contribution in [0.25, 0.3) is 10.9 Å². The zero-order valence-corrected chi connectivity index (χ0v) is 14.5. The monoisotopic (exact) mass is 345 g/mol. The number of nitrogens with zero attached hydrogens (tertiary/aromatic N) is 1. The number of para-hydroxylation sites is 1. The van der Waals surface area contributed by atoms with Gasteiger partial charge in [0.25, 0.3) is 0 Å². The summed E-state index contributed by atoms with van der Waals surface area (Å²) in [6.07, 6.45) is -0.692. The van der Waals surface area contributed by atoms with Gasteiger partial charge in [-0.25, -0.2) is 0 Å². The van der Waals surface area contributed by atoms with Crippen LogP contribution in [0.5, 0.6) is 0 Å². The van der Waals surface area contributed by atoms with Gasteiger partial charge in [-0.05, 0) is 38.3 Å². The number of nitrogens with two attached hydrogens (primary N) is 1. The Hall–Kier alpha value is -2.38. The quantitative estimate of drug-likeness (QED) is 0.730. The molecule has 2 aromatic rings. The Balaban J connectivity index is 1.79. The molecule has 25 heavy (non-hydrogen) atoms. The van der Waals surface area contributed by atoms with Crippen LogP contribution in [-0.2, 0) is 14.3 Å². The molecule has 1 aromatic carbocycles. The number of carbonyl (C=O) groups is 2. The van der Waals surface area contributed by atoms with Crippen molar-refractivity contribution >= 4 is 22.8 Å². The van der Waals surface area contributed by atoms with Gasteiger partial charge in [0, 0.05) is 17.8 Å². The lowest BCUT2D eigenvalue weighted by Gasteiger charge is -2.47. The van der Waals surface area contributed by atoms with Gasteiger partial charge < -0.3 is 20.6 Å². The van der Waals surface area contributed by atoms with Crippen LogP contribution < -0.4 is 5.73 Å². The number of benzene rings is 1. The number of nitrogens with one attached hydrogen (secondary N) is 1. The number of likely N-dealkylation sites (tertiary alicyclic amines) is 1. The number of carboxylic acid groups (broad SMARTS) is 1. The smallest absolute Gasteiger partial charge is 0.327 e. The second kappa shape index (κ2) is 6.16. The third-order valence-electron chi connectivity index (χ3n) is 4.32. The Morgan fingerprint density at radius 1 is 1.36 bits per heavy atom. The van der Waals surface area contributed by atoms with Crippen molar-refractivity contribution in [2.24, 2.45) is 11.7 Å². The summed E-state index contributed by atoms with van der Waals surface area (Å²) in [6.45, 7) is 5.62. The molecule has 2 heterocycles. The summed E-state index contributed by atoms with van der Waals surface area (Å²) in [4.78, 5) is 28.7. The van der Waals surface area contributed by atoms with E-state index in [1.165, 1.54) is 0 Å². The van der Waals surface area contributed by atoms with Crippen LogP contribution in [0.2, 0.25) is 0 Å². The predicted molar refractivity (Wildman–Crippen MR) is 92.7 cm³/mol. The molecule has 0 bridgehead atoms. The molecular formula is C18H23N3O4. The van der Waals surface area contributed by atoms with Crippen molar-refractivity contribution in [3.8, 4) is 0 Å². The first kappa shape index (κ1) is 17.4. The first-order valence-electron chi connectivity index (χ1n) is 8.22. The third kappa shape index (κ3) is 3.38. The molecule has 0 amide bonds. The Morgan fingerprint density at radius 2 is 2.04 bits per heavy atom. The fraction of sp³-hybridized carbons (Fsp3) is 0.444. The molecule has 1 aliphatic heterocycles. The molecule has 0 unspecified atom stereocenters. The van der Waals surface area contributed by atoms with Gasteiger partial charge in [0.15, 0.2) is 0 Å². The van der Waals surface area contributed by atoms with E-state index in [0.29, 0.717) is 5.69 Å². The number of rotatable bonds is 4. The molecule has 7 heteroatoms. The van der Waals surface area contributed by atoms with Gasteiger partial charge in [0.2, 0.25) is 0 Å². The third-order valence-corrected chi connectivity index (χ3v) is 4.32.